The summed E-state index contributed by atoms with van der Waals surface area (Å²) in [6.07, 6.45) is 0.107. The number of nitrogens with one attached hydrogen (secondary N) is 1. The summed E-state index contributed by atoms with van der Waals surface area (Å²) in [5.74, 6) is 1.54. The number of hydrogen-bond acceptors (Lipinski definition) is 5. The summed E-state index contributed by atoms with van der Waals surface area (Å²) < 4.78 is 11.1. The normalized spacial score (nSPS) is 11.0. The summed E-state index contributed by atoms with van der Waals surface area (Å²) in [7, 11) is 0. The molecule has 0 unspecified atom stereocenters. The van der Waals surface area contributed by atoms with E-state index in [1.807, 2.05) is 45.0 Å². The molecule has 0 saturated heterocycles. The van der Waals surface area contributed by atoms with Gasteiger partial charge in [-0.2, -0.15) is 0 Å². The molecule has 2 rings (SSSR count). The first-order chi connectivity index (χ1) is 11.0. The van der Waals surface area contributed by atoms with Gasteiger partial charge in [0.1, 0.15) is 5.75 Å². The molecule has 0 bridgehead atoms. The summed E-state index contributed by atoms with van der Waals surface area (Å²) in [6.45, 7) is 6.83. The average molecular weight is 334 g/mol. The predicted octanol–water partition coefficient (Wildman–Crippen LogP) is 3.17. The number of H-pyrrole nitrogens is 1. The lowest BCUT2D eigenvalue weighted by atomic mass is 10.2. The molecule has 0 aliphatic rings. The second-order valence-electron chi connectivity index (χ2n) is 5.41. The second kappa shape index (κ2) is 8.74. The van der Waals surface area contributed by atoms with Gasteiger partial charge >= 0.3 is 0 Å². The molecule has 1 aromatic carbocycles. The maximum atomic E-state index is 11.6. The maximum Gasteiger partial charge on any atom is 0.251 e. The molecule has 0 radical (unpaired) electrons. The van der Waals surface area contributed by atoms with Gasteiger partial charge in [0.25, 0.3) is 5.56 Å². The van der Waals surface area contributed by atoms with Crippen molar-refractivity contribution < 1.29 is 9.47 Å². The number of aromatic amines is 1. The Labute approximate surface area is 140 Å². The highest BCUT2D eigenvalue weighted by molar-refractivity contribution is 7.99. The molecule has 0 atom stereocenters. The van der Waals surface area contributed by atoms with E-state index >= 15 is 0 Å². The Morgan fingerprint density at radius 1 is 1.26 bits per heavy atom. The SMILES string of the molecule is Cc1ccc(OCCSc2nc(COC(C)C)cc(=O)[nH]2)cc1. The Morgan fingerprint density at radius 2 is 2.00 bits per heavy atom. The van der Waals surface area contributed by atoms with Crippen LogP contribution in [0.2, 0.25) is 0 Å². The van der Waals surface area contributed by atoms with Gasteiger partial charge in [-0.3, -0.25) is 4.79 Å². The second-order valence-corrected chi connectivity index (χ2v) is 6.50. The van der Waals surface area contributed by atoms with Gasteiger partial charge in [0.2, 0.25) is 0 Å². The van der Waals surface area contributed by atoms with Gasteiger partial charge in [-0.05, 0) is 32.9 Å². The van der Waals surface area contributed by atoms with Crippen molar-refractivity contribution in [3.63, 3.8) is 0 Å². The van der Waals surface area contributed by atoms with Crippen LogP contribution in [0.3, 0.4) is 0 Å². The van der Waals surface area contributed by atoms with Crippen molar-refractivity contribution in [3.05, 3.63) is 51.9 Å². The lowest BCUT2D eigenvalue weighted by molar-refractivity contribution is 0.0631. The smallest absolute Gasteiger partial charge is 0.251 e. The zero-order valence-corrected chi connectivity index (χ0v) is 14.5. The molecular weight excluding hydrogens is 312 g/mol. The van der Waals surface area contributed by atoms with Crippen molar-refractivity contribution in [1.29, 1.82) is 0 Å². The van der Waals surface area contributed by atoms with Crippen molar-refractivity contribution in [2.45, 2.75) is 38.6 Å². The van der Waals surface area contributed by atoms with Crippen LogP contribution in [-0.2, 0) is 11.3 Å². The fraction of sp³-hybridized carbons (Fsp3) is 0.412. The van der Waals surface area contributed by atoms with Gasteiger partial charge in [0.05, 0.1) is 25.0 Å². The minimum Gasteiger partial charge on any atom is -0.493 e. The molecule has 0 saturated carbocycles. The molecule has 23 heavy (non-hydrogen) atoms. The van der Waals surface area contributed by atoms with E-state index in [0.29, 0.717) is 29.8 Å². The van der Waals surface area contributed by atoms with Gasteiger partial charge < -0.3 is 14.5 Å². The summed E-state index contributed by atoms with van der Waals surface area (Å²) in [6, 6.07) is 9.39. The maximum absolute atomic E-state index is 11.6. The fourth-order valence-corrected chi connectivity index (χ4v) is 2.52. The molecule has 1 N–H and O–H groups in total. The van der Waals surface area contributed by atoms with Crippen LogP contribution in [0.25, 0.3) is 0 Å². The number of aryl methyl sites for hydroxylation is 1. The number of hydrogen-bond donors (Lipinski definition) is 1. The highest BCUT2D eigenvalue weighted by Gasteiger charge is 2.04. The van der Waals surface area contributed by atoms with Gasteiger partial charge in [0.15, 0.2) is 5.16 Å². The van der Waals surface area contributed by atoms with Gasteiger partial charge in [0, 0.05) is 11.8 Å². The van der Waals surface area contributed by atoms with Crippen molar-refractivity contribution in [3.8, 4) is 5.75 Å². The highest BCUT2D eigenvalue weighted by atomic mass is 32.2. The zero-order chi connectivity index (χ0) is 16.7. The Hall–Kier alpha value is -1.79. The van der Waals surface area contributed by atoms with Crippen molar-refractivity contribution in [2.24, 2.45) is 0 Å². The zero-order valence-electron chi connectivity index (χ0n) is 13.7. The van der Waals surface area contributed by atoms with Gasteiger partial charge in [-0.1, -0.05) is 29.5 Å². The molecule has 0 amide bonds. The molecule has 6 heteroatoms. The van der Waals surface area contributed by atoms with Crippen LogP contribution >= 0.6 is 11.8 Å². The van der Waals surface area contributed by atoms with Crippen molar-refractivity contribution in [2.75, 3.05) is 12.4 Å². The van der Waals surface area contributed by atoms with Gasteiger partial charge in [-0.25, -0.2) is 4.98 Å². The predicted molar refractivity (Wildman–Crippen MR) is 92.2 cm³/mol. The number of aromatic nitrogens is 2. The van der Waals surface area contributed by atoms with Crippen LogP contribution < -0.4 is 10.3 Å². The number of thioether (sulfide) groups is 1. The Bertz CT molecular complexity index is 668. The summed E-state index contributed by atoms with van der Waals surface area (Å²) in [5, 5.41) is 0.590. The first-order valence-electron chi connectivity index (χ1n) is 7.57. The minimum absolute atomic E-state index is 0.107. The number of rotatable bonds is 8. The summed E-state index contributed by atoms with van der Waals surface area (Å²) in [5.41, 5.74) is 1.68. The highest BCUT2D eigenvalue weighted by Crippen LogP contribution is 2.14. The minimum atomic E-state index is -0.163. The standard InChI is InChI=1S/C17H22N2O3S/c1-12(2)22-11-14-10-16(20)19-17(18-14)23-9-8-21-15-6-4-13(3)5-7-15/h4-7,10,12H,8-9,11H2,1-3H3,(H,18,19,20). The van der Waals surface area contributed by atoms with Gasteiger partial charge in [-0.15, -0.1) is 0 Å². The van der Waals surface area contributed by atoms with Crippen LogP contribution in [0.15, 0.2) is 40.3 Å². The summed E-state index contributed by atoms with van der Waals surface area (Å²) in [4.78, 5) is 18.8. The molecule has 0 aliphatic carbocycles. The largest absolute Gasteiger partial charge is 0.493 e. The van der Waals surface area contributed by atoms with E-state index in [2.05, 4.69) is 9.97 Å². The third-order valence-corrected chi connectivity index (χ3v) is 3.79. The van der Waals surface area contributed by atoms with E-state index in [1.54, 1.807) is 0 Å². The van der Waals surface area contributed by atoms with Crippen LogP contribution in [0.5, 0.6) is 5.75 Å². The Morgan fingerprint density at radius 3 is 2.70 bits per heavy atom. The molecule has 2 aromatic rings. The number of nitrogens with zero attached hydrogens (tertiary/aromatic N) is 1. The Balaban J connectivity index is 1.82. The first kappa shape index (κ1) is 17.6. The lowest BCUT2D eigenvalue weighted by Crippen LogP contribution is -2.13. The van der Waals surface area contributed by atoms with E-state index in [0.717, 1.165) is 5.75 Å². The van der Waals surface area contributed by atoms with Crippen LogP contribution in [0.1, 0.15) is 25.1 Å². The summed E-state index contributed by atoms with van der Waals surface area (Å²) >= 11 is 1.46. The molecular formula is C17H22N2O3S. The van der Waals surface area contributed by atoms with Crippen LogP contribution in [0.4, 0.5) is 0 Å². The van der Waals surface area contributed by atoms with E-state index in [-0.39, 0.29) is 11.7 Å². The van der Waals surface area contributed by atoms with Crippen molar-refractivity contribution >= 4 is 11.8 Å². The van der Waals surface area contributed by atoms with E-state index in [4.69, 9.17) is 9.47 Å². The van der Waals surface area contributed by atoms with E-state index < -0.39 is 0 Å². The quantitative estimate of drug-likeness (QED) is 0.456. The molecule has 0 spiro atoms. The molecule has 5 nitrogen and oxygen atoms in total. The lowest BCUT2D eigenvalue weighted by Gasteiger charge is -2.08. The number of ether oxygens (including phenoxy) is 2. The third kappa shape index (κ3) is 6.46. The molecule has 124 valence electrons. The monoisotopic (exact) mass is 334 g/mol. The van der Waals surface area contributed by atoms with E-state index in [1.165, 1.54) is 23.4 Å². The number of benzene rings is 1. The molecule has 0 fully saturated rings. The first-order valence-corrected chi connectivity index (χ1v) is 8.55. The van der Waals surface area contributed by atoms with E-state index in [9.17, 15) is 4.79 Å². The van der Waals surface area contributed by atoms with Crippen LogP contribution in [0, 0.1) is 6.92 Å². The molecule has 1 aromatic heterocycles. The van der Waals surface area contributed by atoms with Crippen molar-refractivity contribution in [1.82, 2.24) is 9.97 Å². The fourth-order valence-electron chi connectivity index (χ4n) is 1.81. The Kier molecular flexibility index (Phi) is 6.67. The third-order valence-electron chi connectivity index (χ3n) is 2.95. The van der Waals surface area contributed by atoms with Crippen LogP contribution in [-0.4, -0.2) is 28.4 Å². The molecule has 1 heterocycles. The average Bonchev–Trinajstić information content (AvgIpc) is 2.51. The molecule has 0 aliphatic heterocycles. The topological polar surface area (TPSA) is 64.2 Å².